The van der Waals surface area contributed by atoms with E-state index in [1.54, 1.807) is 13.8 Å². The van der Waals surface area contributed by atoms with E-state index >= 15 is 0 Å². The van der Waals surface area contributed by atoms with E-state index in [2.05, 4.69) is 10.2 Å². The minimum atomic E-state index is -3.65. The Morgan fingerprint density at radius 3 is 2.56 bits per heavy atom. The predicted octanol–water partition coefficient (Wildman–Crippen LogP) is 1.01. The van der Waals surface area contributed by atoms with Gasteiger partial charge in [-0.05, 0) is 52.4 Å². The van der Waals surface area contributed by atoms with Crippen LogP contribution in [0.5, 0.6) is 0 Å². The van der Waals surface area contributed by atoms with Gasteiger partial charge in [-0.25, -0.2) is 8.42 Å². The number of amides is 1. The lowest BCUT2D eigenvalue weighted by Gasteiger charge is -2.39. The molecule has 0 bridgehead atoms. The van der Waals surface area contributed by atoms with Crippen molar-refractivity contribution >= 4 is 15.9 Å². The number of likely N-dealkylation sites (tertiary alicyclic amines) is 1. The summed E-state index contributed by atoms with van der Waals surface area (Å²) in [5.41, 5.74) is 7.04. The number of aromatic nitrogens is 2. The molecule has 3 atom stereocenters. The summed E-state index contributed by atoms with van der Waals surface area (Å²) >= 11 is 0. The maximum absolute atomic E-state index is 13.1. The van der Waals surface area contributed by atoms with Crippen molar-refractivity contribution in [3.63, 3.8) is 0 Å². The van der Waals surface area contributed by atoms with Crippen LogP contribution in [0, 0.1) is 25.7 Å². The Hall–Kier alpha value is -1.45. The number of nitrogens with zero attached hydrogens (tertiary/aromatic N) is 3. The molecule has 1 aromatic rings. The van der Waals surface area contributed by atoms with Gasteiger partial charge in [-0.2, -0.15) is 9.40 Å². The molecule has 1 amide bonds. The van der Waals surface area contributed by atoms with E-state index in [1.165, 1.54) is 4.31 Å². The van der Waals surface area contributed by atoms with Crippen LogP contribution in [-0.2, 0) is 14.8 Å². The maximum Gasteiger partial charge on any atom is 0.246 e. The molecular weight excluding hydrogens is 366 g/mol. The van der Waals surface area contributed by atoms with E-state index in [0.29, 0.717) is 36.8 Å². The van der Waals surface area contributed by atoms with Crippen LogP contribution in [0.3, 0.4) is 0 Å². The molecule has 0 saturated carbocycles. The third-order valence-corrected chi connectivity index (χ3v) is 8.03. The molecule has 2 fully saturated rings. The first-order valence-electron chi connectivity index (χ1n) is 9.78. The number of nitrogens with one attached hydrogen (secondary N) is 1. The molecule has 2 aliphatic rings. The van der Waals surface area contributed by atoms with Gasteiger partial charge in [0.05, 0.1) is 17.3 Å². The molecular formula is C18H31N5O3S. The number of hydrogen-bond donors (Lipinski definition) is 2. The highest BCUT2D eigenvalue weighted by Crippen LogP contribution is 2.29. The van der Waals surface area contributed by atoms with Crippen LogP contribution in [0.25, 0.3) is 0 Å². The van der Waals surface area contributed by atoms with E-state index in [4.69, 9.17) is 5.73 Å². The lowest BCUT2D eigenvalue weighted by molar-refractivity contribution is -0.138. The van der Waals surface area contributed by atoms with E-state index in [0.717, 1.165) is 25.8 Å². The Bertz CT molecular complexity index is 769. The van der Waals surface area contributed by atoms with Gasteiger partial charge in [0, 0.05) is 32.2 Å². The first kappa shape index (κ1) is 20.3. The van der Waals surface area contributed by atoms with Crippen molar-refractivity contribution in [1.82, 2.24) is 19.4 Å². The standard InChI is InChI=1S/C18H31N5O3S/c1-12(19)15-6-4-8-22(10-15)18(24)16-7-5-9-23(11-16)27(25,26)17-13(2)20-21-14(17)3/h12,15-16H,4-11,19H2,1-3H3,(H,20,21). The van der Waals surface area contributed by atoms with Crippen LogP contribution in [0.1, 0.15) is 44.0 Å². The first-order valence-corrected chi connectivity index (χ1v) is 11.2. The molecule has 2 aliphatic heterocycles. The molecule has 152 valence electrons. The number of carbonyl (C=O) groups is 1. The summed E-state index contributed by atoms with van der Waals surface area (Å²) in [5.74, 6) is 0.108. The van der Waals surface area contributed by atoms with E-state index < -0.39 is 10.0 Å². The van der Waals surface area contributed by atoms with Crippen molar-refractivity contribution < 1.29 is 13.2 Å². The molecule has 1 aromatic heterocycles. The largest absolute Gasteiger partial charge is 0.342 e. The minimum absolute atomic E-state index is 0.0656. The number of H-pyrrole nitrogens is 1. The van der Waals surface area contributed by atoms with Gasteiger partial charge >= 0.3 is 0 Å². The summed E-state index contributed by atoms with van der Waals surface area (Å²) < 4.78 is 27.7. The maximum atomic E-state index is 13.1. The van der Waals surface area contributed by atoms with Crippen molar-refractivity contribution in [2.75, 3.05) is 26.2 Å². The molecule has 8 nitrogen and oxygen atoms in total. The Kier molecular flexibility index (Phi) is 5.93. The van der Waals surface area contributed by atoms with Crippen LogP contribution in [0.2, 0.25) is 0 Å². The van der Waals surface area contributed by atoms with Crippen molar-refractivity contribution in [2.24, 2.45) is 17.6 Å². The number of aryl methyl sites for hydroxylation is 2. The van der Waals surface area contributed by atoms with E-state index in [9.17, 15) is 13.2 Å². The van der Waals surface area contributed by atoms with Crippen LogP contribution in [-0.4, -0.2) is 65.9 Å². The Balaban J connectivity index is 1.73. The highest BCUT2D eigenvalue weighted by Gasteiger charge is 2.38. The van der Waals surface area contributed by atoms with Crippen LogP contribution >= 0.6 is 0 Å². The molecule has 0 aromatic carbocycles. The molecule has 27 heavy (non-hydrogen) atoms. The van der Waals surface area contributed by atoms with Gasteiger partial charge in [0.25, 0.3) is 0 Å². The molecule has 2 saturated heterocycles. The molecule has 0 radical (unpaired) electrons. The third kappa shape index (κ3) is 4.05. The summed E-state index contributed by atoms with van der Waals surface area (Å²) in [5, 5.41) is 6.75. The first-order chi connectivity index (χ1) is 12.7. The van der Waals surface area contributed by atoms with Gasteiger partial charge in [0.1, 0.15) is 4.90 Å². The second-order valence-electron chi connectivity index (χ2n) is 8.01. The van der Waals surface area contributed by atoms with Crippen molar-refractivity contribution in [3.8, 4) is 0 Å². The molecule has 3 N–H and O–H groups in total. The predicted molar refractivity (Wildman–Crippen MR) is 102 cm³/mol. The zero-order valence-corrected chi connectivity index (χ0v) is 17.3. The zero-order chi connectivity index (χ0) is 19.8. The number of nitrogens with two attached hydrogens (primary N) is 1. The topological polar surface area (TPSA) is 112 Å². The lowest BCUT2D eigenvalue weighted by atomic mass is 9.90. The monoisotopic (exact) mass is 397 g/mol. The van der Waals surface area contributed by atoms with Crippen molar-refractivity contribution in [1.29, 1.82) is 0 Å². The van der Waals surface area contributed by atoms with Crippen molar-refractivity contribution in [2.45, 2.75) is 57.4 Å². The number of piperidine rings is 2. The number of carbonyl (C=O) groups excluding carboxylic acids is 1. The highest BCUT2D eigenvalue weighted by molar-refractivity contribution is 7.89. The molecule has 3 heterocycles. The van der Waals surface area contributed by atoms with Gasteiger partial charge in [-0.1, -0.05) is 0 Å². The molecule has 3 rings (SSSR count). The van der Waals surface area contributed by atoms with Gasteiger partial charge in [0.2, 0.25) is 15.9 Å². The SMILES string of the molecule is Cc1n[nH]c(C)c1S(=O)(=O)N1CCCC(C(=O)N2CCCC(C(C)N)C2)C1. The molecule has 0 aliphatic carbocycles. The Morgan fingerprint density at radius 1 is 1.22 bits per heavy atom. The second kappa shape index (κ2) is 7.89. The molecule has 9 heteroatoms. The summed E-state index contributed by atoms with van der Waals surface area (Å²) in [6.45, 7) is 7.49. The summed E-state index contributed by atoms with van der Waals surface area (Å²) in [6.07, 6.45) is 3.43. The highest BCUT2D eigenvalue weighted by atomic mass is 32.2. The quantitative estimate of drug-likeness (QED) is 0.787. The lowest BCUT2D eigenvalue weighted by Crippen LogP contribution is -2.50. The average Bonchev–Trinajstić information content (AvgIpc) is 3.00. The fraction of sp³-hybridized carbons (Fsp3) is 0.778. The Labute approximate surface area is 161 Å². The number of hydrogen-bond acceptors (Lipinski definition) is 5. The second-order valence-corrected chi connectivity index (χ2v) is 9.89. The number of sulfonamides is 1. The molecule has 3 unspecified atom stereocenters. The zero-order valence-electron chi connectivity index (χ0n) is 16.4. The minimum Gasteiger partial charge on any atom is -0.342 e. The van der Waals surface area contributed by atoms with Crippen molar-refractivity contribution in [3.05, 3.63) is 11.4 Å². The fourth-order valence-electron chi connectivity index (χ4n) is 4.31. The summed E-state index contributed by atoms with van der Waals surface area (Å²) in [4.78, 5) is 15.2. The summed E-state index contributed by atoms with van der Waals surface area (Å²) in [6, 6.07) is 0.0656. The van der Waals surface area contributed by atoms with Gasteiger partial charge < -0.3 is 10.6 Å². The third-order valence-electron chi connectivity index (χ3n) is 5.90. The van der Waals surface area contributed by atoms with Crippen LogP contribution in [0.4, 0.5) is 0 Å². The van der Waals surface area contributed by atoms with Crippen LogP contribution in [0.15, 0.2) is 4.90 Å². The van der Waals surface area contributed by atoms with Gasteiger partial charge in [-0.3, -0.25) is 9.89 Å². The Morgan fingerprint density at radius 2 is 1.93 bits per heavy atom. The van der Waals surface area contributed by atoms with E-state index in [-0.39, 0.29) is 29.3 Å². The van der Waals surface area contributed by atoms with Crippen LogP contribution < -0.4 is 5.73 Å². The van der Waals surface area contributed by atoms with Gasteiger partial charge in [-0.15, -0.1) is 0 Å². The average molecular weight is 398 g/mol. The fourth-order valence-corrected chi connectivity index (χ4v) is 6.17. The number of aromatic amines is 1. The van der Waals surface area contributed by atoms with E-state index in [1.807, 2.05) is 11.8 Å². The smallest absolute Gasteiger partial charge is 0.246 e. The summed E-state index contributed by atoms with van der Waals surface area (Å²) in [7, 11) is -3.65. The van der Waals surface area contributed by atoms with Gasteiger partial charge in [0.15, 0.2) is 0 Å². The normalized spacial score (nSPS) is 26.1. The number of rotatable bonds is 4. The molecule has 0 spiro atoms.